The van der Waals surface area contributed by atoms with Gasteiger partial charge in [-0.15, -0.1) is 0 Å². The molecule has 8 nitrogen and oxygen atoms in total. The Bertz CT molecular complexity index is 1100. The molecule has 0 aromatic heterocycles. The Balaban J connectivity index is 1.56. The number of hydrogen-bond acceptors (Lipinski definition) is 6. The third kappa shape index (κ3) is 6.09. The van der Waals surface area contributed by atoms with Crippen LogP contribution < -0.4 is 19.6 Å². The van der Waals surface area contributed by atoms with Gasteiger partial charge < -0.3 is 19.3 Å². The van der Waals surface area contributed by atoms with Crippen LogP contribution in [0.15, 0.2) is 71.8 Å². The van der Waals surface area contributed by atoms with Gasteiger partial charge in [0, 0.05) is 11.6 Å². The summed E-state index contributed by atoms with van der Waals surface area (Å²) in [6.45, 7) is 0.245. The van der Waals surface area contributed by atoms with Crippen molar-refractivity contribution in [1.29, 1.82) is 0 Å². The van der Waals surface area contributed by atoms with Crippen LogP contribution in [0.25, 0.3) is 0 Å². The van der Waals surface area contributed by atoms with Crippen molar-refractivity contribution in [2.75, 3.05) is 14.2 Å². The summed E-state index contributed by atoms with van der Waals surface area (Å²) < 4.78 is 16.0. The molecular weight excluding hydrogens is 412 g/mol. The first-order valence-corrected chi connectivity index (χ1v) is 9.60. The lowest BCUT2D eigenvalue weighted by Gasteiger charge is -2.08. The predicted octanol–water partition coefficient (Wildman–Crippen LogP) is 3.74. The predicted molar refractivity (Wildman–Crippen MR) is 119 cm³/mol. The van der Waals surface area contributed by atoms with Crippen LogP contribution in [-0.4, -0.2) is 37.4 Å². The van der Waals surface area contributed by atoms with Gasteiger partial charge in [-0.05, 0) is 59.7 Å². The second-order valence-corrected chi connectivity index (χ2v) is 6.66. The zero-order valence-corrected chi connectivity index (χ0v) is 17.6. The van der Waals surface area contributed by atoms with Crippen LogP contribution in [0.4, 0.5) is 0 Å². The number of amides is 1. The minimum absolute atomic E-state index is 0.215. The normalized spacial score (nSPS) is 10.6. The van der Waals surface area contributed by atoms with Gasteiger partial charge in [0.25, 0.3) is 5.91 Å². The van der Waals surface area contributed by atoms with Crippen LogP contribution >= 0.6 is 0 Å². The van der Waals surface area contributed by atoms with Crippen LogP contribution in [-0.2, 0) is 6.61 Å². The highest BCUT2D eigenvalue weighted by Crippen LogP contribution is 2.22. The van der Waals surface area contributed by atoms with Crippen molar-refractivity contribution in [1.82, 2.24) is 5.43 Å². The maximum absolute atomic E-state index is 12.3. The zero-order chi connectivity index (χ0) is 22.9. The Labute approximate surface area is 185 Å². The van der Waals surface area contributed by atoms with E-state index in [1.165, 1.54) is 26.5 Å². The monoisotopic (exact) mass is 434 g/mol. The third-order valence-corrected chi connectivity index (χ3v) is 4.45. The molecule has 0 aliphatic rings. The minimum atomic E-state index is -0.979. The smallest absolute Gasteiger partial charge is 0.335 e. The largest absolute Gasteiger partial charge is 0.497 e. The second kappa shape index (κ2) is 10.6. The van der Waals surface area contributed by atoms with Crippen molar-refractivity contribution in [2.24, 2.45) is 5.10 Å². The maximum atomic E-state index is 12.3. The van der Waals surface area contributed by atoms with E-state index in [0.29, 0.717) is 22.8 Å². The van der Waals surface area contributed by atoms with E-state index < -0.39 is 11.9 Å². The van der Waals surface area contributed by atoms with Crippen molar-refractivity contribution >= 4 is 18.1 Å². The van der Waals surface area contributed by atoms with E-state index in [2.05, 4.69) is 10.5 Å². The number of nitrogens with one attached hydrogen (secondary N) is 1. The Hall–Kier alpha value is -4.33. The highest BCUT2D eigenvalue weighted by atomic mass is 16.5. The maximum Gasteiger partial charge on any atom is 0.335 e. The summed E-state index contributed by atoms with van der Waals surface area (Å²) in [4.78, 5) is 23.4. The standard InChI is InChI=1S/C24H22N2O6/c1-30-21-11-19(12-22(13-21)31-2)23(27)26-25-14-16-6-8-20(9-7-16)32-15-17-4-3-5-18(10-17)24(28)29/h3-14H,15H2,1-2H3,(H,26,27)(H,28,29)/b25-14-. The Morgan fingerprint density at radius 1 is 0.906 bits per heavy atom. The molecular formula is C24H22N2O6. The first kappa shape index (κ1) is 22.4. The fourth-order valence-corrected chi connectivity index (χ4v) is 2.78. The first-order chi connectivity index (χ1) is 15.5. The van der Waals surface area contributed by atoms with Crippen LogP contribution in [0, 0.1) is 0 Å². The lowest BCUT2D eigenvalue weighted by Crippen LogP contribution is -2.17. The molecule has 2 N–H and O–H groups in total. The molecule has 0 unspecified atom stereocenters. The molecule has 0 spiro atoms. The highest BCUT2D eigenvalue weighted by Gasteiger charge is 2.09. The molecule has 0 saturated heterocycles. The zero-order valence-electron chi connectivity index (χ0n) is 17.6. The van der Waals surface area contributed by atoms with Crippen molar-refractivity contribution < 1.29 is 28.9 Å². The van der Waals surface area contributed by atoms with Gasteiger partial charge in [-0.1, -0.05) is 12.1 Å². The number of ether oxygens (including phenoxy) is 3. The summed E-state index contributed by atoms with van der Waals surface area (Å²) in [5.41, 5.74) is 4.55. The molecule has 164 valence electrons. The molecule has 0 radical (unpaired) electrons. The topological polar surface area (TPSA) is 106 Å². The van der Waals surface area contributed by atoms with Crippen LogP contribution in [0.2, 0.25) is 0 Å². The molecule has 8 heteroatoms. The quantitative estimate of drug-likeness (QED) is 0.393. The van der Waals surface area contributed by atoms with E-state index in [0.717, 1.165) is 11.1 Å². The number of nitrogens with zero attached hydrogens (tertiary/aromatic N) is 1. The summed E-state index contributed by atoms with van der Waals surface area (Å²) in [5.74, 6) is 0.248. The van der Waals surface area contributed by atoms with Crippen molar-refractivity contribution in [2.45, 2.75) is 6.61 Å². The van der Waals surface area contributed by atoms with E-state index in [1.807, 2.05) is 0 Å². The highest BCUT2D eigenvalue weighted by molar-refractivity contribution is 5.95. The average Bonchev–Trinajstić information content (AvgIpc) is 2.83. The number of aromatic carboxylic acids is 1. The average molecular weight is 434 g/mol. The van der Waals surface area contributed by atoms with Gasteiger partial charge in [-0.3, -0.25) is 4.79 Å². The lowest BCUT2D eigenvalue weighted by molar-refractivity contribution is 0.0696. The van der Waals surface area contributed by atoms with Crippen molar-refractivity contribution in [3.8, 4) is 17.2 Å². The van der Waals surface area contributed by atoms with Gasteiger partial charge in [0.05, 0.1) is 26.0 Å². The fraction of sp³-hybridized carbons (Fsp3) is 0.125. The number of hydrogen-bond donors (Lipinski definition) is 2. The number of carboxylic acid groups (broad SMARTS) is 1. The number of hydrazone groups is 1. The lowest BCUT2D eigenvalue weighted by atomic mass is 10.1. The minimum Gasteiger partial charge on any atom is -0.497 e. The fourth-order valence-electron chi connectivity index (χ4n) is 2.78. The van der Waals surface area contributed by atoms with E-state index in [1.54, 1.807) is 60.7 Å². The van der Waals surface area contributed by atoms with E-state index in [4.69, 9.17) is 19.3 Å². The van der Waals surface area contributed by atoms with Crippen LogP contribution in [0.1, 0.15) is 31.8 Å². The number of carbonyl (C=O) groups is 2. The summed E-state index contributed by atoms with van der Waals surface area (Å²) >= 11 is 0. The summed E-state index contributed by atoms with van der Waals surface area (Å²) in [6, 6.07) is 18.5. The van der Waals surface area contributed by atoms with E-state index in [9.17, 15) is 9.59 Å². The summed E-state index contributed by atoms with van der Waals surface area (Å²) in [5, 5.41) is 13.0. The summed E-state index contributed by atoms with van der Waals surface area (Å²) in [6.07, 6.45) is 1.51. The number of methoxy groups -OCH3 is 2. The van der Waals surface area contributed by atoms with Gasteiger partial charge >= 0.3 is 5.97 Å². The first-order valence-electron chi connectivity index (χ1n) is 9.60. The Morgan fingerprint density at radius 3 is 2.22 bits per heavy atom. The van der Waals surface area contributed by atoms with Crippen LogP contribution in [0.3, 0.4) is 0 Å². The number of rotatable bonds is 9. The molecule has 32 heavy (non-hydrogen) atoms. The molecule has 0 fully saturated rings. The van der Waals surface area contributed by atoms with Gasteiger partial charge in [0.15, 0.2) is 0 Å². The summed E-state index contributed by atoms with van der Waals surface area (Å²) in [7, 11) is 3.02. The Kier molecular flexibility index (Phi) is 7.42. The van der Waals surface area contributed by atoms with Gasteiger partial charge in [-0.2, -0.15) is 5.10 Å². The molecule has 0 heterocycles. The molecule has 0 aliphatic carbocycles. The van der Waals surface area contributed by atoms with Crippen LogP contribution in [0.5, 0.6) is 17.2 Å². The SMILES string of the molecule is COc1cc(OC)cc(C(=O)N/N=C\c2ccc(OCc3cccc(C(=O)O)c3)cc2)c1. The van der Waals surface area contributed by atoms with E-state index >= 15 is 0 Å². The molecule has 0 aliphatic heterocycles. The molecule has 1 amide bonds. The second-order valence-electron chi connectivity index (χ2n) is 6.66. The van der Waals surface area contributed by atoms with E-state index in [-0.39, 0.29) is 12.2 Å². The molecule has 3 aromatic rings. The third-order valence-electron chi connectivity index (χ3n) is 4.45. The number of carboxylic acids is 1. The van der Waals surface area contributed by atoms with Gasteiger partial charge in [-0.25, -0.2) is 10.2 Å². The number of benzene rings is 3. The number of carbonyl (C=O) groups excluding carboxylic acids is 1. The Morgan fingerprint density at radius 2 is 1.59 bits per heavy atom. The van der Waals surface area contributed by atoms with Gasteiger partial charge in [0.2, 0.25) is 0 Å². The molecule has 3 aromatic carbocycles. The molecule has 0 bridgehead atoms. The molecule has 0 atom stereocenters. The van der Waals surface area contributed by atoms with Gasteiger partial charge in [0.1, 0.15) is 23.9 Å². The molecule has 0 saturated carbocycles. The van der Waals surface area contributed by atoms with Crippen molar-refractivity contribution in [3.05, 3.63) is 89.0 Å². The molecule has 3 rings (SSSR count). The van der Waals surface area contributed by atoms with Crippen molar-refractivity contribution in [3.63, 3.8) is 0 Å².